The summed E-state index contributed by atoms with van der Waals surface area (Å²) < 4.78 is 23.1. The standard InChI is InChI=1S/C10H11N4O2S/c1-7-8(13-10-11-6-12-14-10)4-3-5-9(7)17(2,15)16/h3-6H,1-2H3,(H,13,14). The number of rotatable bonds is 2. The predicted octanol–water partition coefficient (Wildman–Crippen LogP) is 0.728. The van der Waals surface area contributed by atoms with Crippen LogP contribution in [0.4, 0.5) is 5.69 Å². The van der Waals surface area contributed by atoms with Crippen molar-refractivity contribution in [2.75, 3.05) is 11.6 Å². The molecule has 1 radical (unpaired) electrons. The van der Waals surface area contributed by atoms with Crippen LogP contribution < -0.4 is 10.6 Å². The van der Waals surface area contributed by atoms with Crippen LogP contribution in [0.1, 0.15) is 5.56 Å². The van der Waals surface area contributed by atoms with Gasteiger partial charge in [-0.25, -0.2) is 8.42 Å². The zero-order chi connectivity index (χ0) is 12.5. The monoisotopic (exact) mass is 251 g/mol. The minimum absolute atomic E-state index is 0.294. The number of anilines is 1. The van der Waals surface area contributed by atoms with Gasteiger partial charge in [0.15, 0.2) is 9.84 Å². The van der Waals surface area contributed by atoms with E-state index < -0.39 is 9.84 Å². The molecule has 0 saturated heterocycles. The maximum atomic E-state index is 11.5. The van der Waals surface area contributed by atoms with Crippen LogP contribution in [0.3, 0.4) is 0 Å². The molecule has 1 aromatic rings. The van der Waals surface area contributed by atoms with Gasteiger partial charge in [0.25, 0.3) is 0 Å². The van der Waals surface area contributed by atoms with Crippen LogP contribution in [0.15, 0.2) is 33.3 Å². The molecule has 0 amide bonds. The van der Waals surface area contributed by atoms with Gasteiger partial charge < -0.3 is 5.32 Å². The summed E-state index contributed by atoms with van der Waals surface area (Å²) in [6.07, 6.45) is 2.50. The van der Waals surface area contributed by atoms with Gasteiger partial charge in [0.1, 0.15) is 6.34 Å². The van der Waals surface area contributed by atoms with E-state index in [0.717, 1.165) is 0 Å². The molecule has 0 aliphatic carbocycles. The van der Waals surface area contributed by atoms with Crippen LogP contribution in [0.5, 0.6) is 0 Å². The number of guanidine groups is 1. The molecule has 0 saturated carbocycles. The smallest absolute Gasteiger partial charge is 0.248 e. The van der Waals surface area contributed by atoms with Crippen molar-refractivity contribution in [1.29, 1.82) is 0 Å². The Labute approximate surface area is 99.4 Å². The molecule has 0 spiro atoms. The molecule has 7 heteroatoms. The van der Waals surface area contributed by atoms with E-state index in [2.05, 4.69) is 20.8 Å². The first-order chi connectivity index (χ1) is 7.98. The molecular formula is C10H11N4O2S. The van der Waals surface area contributed by atoms with Crippen molar-refractivity contribution in [3.05, 3.63) is 23.8 Å². The average molecular weight is 251 g/mol. The molecule has 0 aromatic heterocycles. The fraction of sp³-hybridized carbons (Fsp3) is 0.200. The molecule has 1 heterocycles. The summed E-state index contributed by atoms with van der Waals surface area (Å²) in [4.78, 5) is 0.294. The van der Waals surface area contributed by atoms with E-state index in [1.54, 1.807) is 25.1 Å². The third-order valence-electron chi connectivity index (χ3n) is 2.31. The molecule has 89 valence electrons. The Bertz CT molecular complexity index is 605. The average Bonchev–Trinajstić information content (AvgIpc) is 2.72. The quantitative estimate of drug-likeness (QED) is 0.840. The van der Waals surface area contributed by atoms with E-state index in [4.69, 9.17) is 0 Å². The molecule has 0 bridgehead atoms. The van der Waals surface area contributed by atoms with E-state index in [1.807, 2.05) is 0 Å². The number of nitrogens with one attached hydrogen (secondary N) is 1. The molecule has 1 aliphatic rings. The van der Waals surface area contributed by atoms with Gasteiger partial charge in [-0.15, -0.1) is 10.2 Å². The summed E-state index contributed by atoms with van der Waals surface area (Å²) in [6.45, 7) is 1.73. The van der Waals surface area contributed by atoms with Crippen LogP contribution in [0.25, 0.3) is 0 Å². The molecule has 6 nitrogen and oxygen atoms in total. The highest BCUT2D eigenvalue weighted by molar-refractivity contribution is 7.90. The van der Waals surface area contributed by atoms with E-state index in [1.165, 1.54) is 12.6 Å². The Morgan fingerprint density at radius 1 is 1.29 bits per heavy atom. The summed E-state index contributed by atoms with van der Waals surface area (Å²) in [5.41, 5.74) is 1.29. The van der Waals surface area contributed by atoms with E-state index in [9.17, 15) is 8.42 Å². The molecule has 0 atom stereocenters. The second-order valence-electron chi connectivity index (χ2n) is 3.61. The normalized spacial score (nSPS) is 14.4. The van der Waals surface area contributed by atoms with Crippen LogP contribution in [-0.2, 0) is 9.84 Å². The summed E-state index contributed by atoms with van der Waals surface area (Å²) in [6, 6.07) is 5.00. The first-order valence-electron chi connectivity index (χ1n) is 4.85. The second-order valence-corrected chi connectivity index (χ2v) is 5.59. The van der Waals surface area contributed by atoms with E-state index in [0.29, 0.717) is 22.1 Å². The van der Waals surface area contributed by atoms with Crippen LogP contribution in [0, 0.1) is 6.92 Å². The highest BCUT2D eigenvalue weighted by atomic mass is 32.2. The Balaban J connectivity index is 2.36. The van der Waals surface area contributed by atoms with Gasteiger partial charge in [-0.3, -0.25) is 0 Å². The molecule has 2 rings (SSSR count). The third kappa shape index (κ3) is 2.44. The number of sulfone groups is 1. The Morgan fingerprint density at radius 2 is 2.06 bits per heavy atom. The Kier molecular flexibility index (Phi) is 2.84. The zero-order valence-corrected chi connectivity index (χ0v) is 10.2. The van der Waals surface area contributed by atoms with Crippen molar-refractivity contribution in [1.82, 2.24) is 5.32 Å². The van der Waals surface area contributed by atoms with Crippen molar-refractivity contribution in [3.8, 4) is 0 Å². The molecular weight excluding hydrogens is 240 g/mol. The molecule has 17 heavy (non-hydrogen) atoms. The minimum atomic E-state index is -3.23. The van der Waals surface area contributed by atoms with E-state index >= 15 is 0 Å². The van der Waals surface area contributed by atoms with Gasteiger partial charge in [0, 0.05) is 11.9 Å². The summed E-state index contributed by atoms with van der Waals surface area (Å²) >= 11 is 0. The fourth-order valence-electron chi connectivity index (χ4n) is 1.52. The highest BCUT2D eigenvalue weighted by Crippen LogP contribution is 2.22. The Hall–Kier alpha value is -1.89. The van der Waals surface area contributed by atoms with Crippen LogP contribution in [0.2, 0.25) is 0 Å². The Morgan fingerprint density at radius 3 is 2.65 bits per heavy atom. The van der Waals surface area contributed by atoms with Gasteiger partial charge in [-0.1, -0.05) is 6.07 Å². The molecule has 1 aliphatic heterocycles. The predicted molar refractivity (Wildman–Crippen MR) is 66.0 cm³/mol. The van der Waals surface area contributed by atoms with Gasteiger partial charge in [0.05, 0.1) is 4.90 Å². The SMILES string of the molecule is Cc1c(NC2=NN=C[N]2)cccc1S(C)(=O)=O. The summed E-state index contributed by atoms with van der Waals surface area (Å²) in [5.74, 6) is 0.346. The zero-order valence-electron chi connectivity index (χ0n) is 9.38. The van der Waals surface area contributed by atoms with Crippen molar-refractivity contribution >= 4 is 27.8 Å². The lowest BCUT2D eigenvalue weighted by Gasteiger charge is -2.10. The molecule has 1 N–H and O–H groups in total. The van der Waals surface area contributed by atoms with Crippen molar-refractivity contribution < 1.29 is 8.42 Å². The maximum Gasteiger partial charge on any atom is 0.248 e. The lowest BCUT2D eigenvalue weighted by atomic mass is 10.2. The molecule has 1 aromatic carbocycles. The van der Waals surface area contributed by atoms with Crippen LogP contribution >= 0.6 is 0 Å². The summed E-state index contributed by atoms with van der Waals surface area (Å²) in [7, 11) is -3.23. The van der Waals surface area contributed by atoms with Gasteiger partial charge in [0.2, 0.25) is 5.96 Å². The molecule has 0 unspecified atom stereocenters. The second kappa shape index (κ2) is 4.17. The largest absolute Gasteiger partial charge is 0.323 e. The third-order valence-corrected chi connectivity index (χ3v) is 3.56. The van der Waals surface area contributed by atoms with Gasteiger partial charge in [-0.2, -0.15) is 5.32 Å². The lowest BCUT2D eigenvalue weighted by molar-refractivity contribution is 0.601. The highest BCUT2D eigenvalue weighted by Gasteiger charge is 2.14. The van der Waals surface area contributed by atoms with Gasteiger partial charge in [-0.05, 0) is 24.6 Å². The first-order valence-corrected chi connectivity index (χ1v) is 6.74. The van der Waals surface area contributed by atoms with Crippen molar-refractivity contribution in [2.24, 2.45) is 10.2 Å². The number of nitrogens with zero attached hydrogens (tertiary/aromatic N) is 3. The molecule has 0 fully saturated rings. The minimum Gasteiger partial charge on any atom is -0.323 e. The lowest BCUT2D eigenvalue weighted by Crippen LogP contribution is -2.20. The maximum absolute atomic E-state index is 11.5. The first kappa shape index (κ1) is 11.6. The van der Waals surface area contributed by atoms with Crippen molar-refractivity contribution in [3.63, 3.8) is 0 Å². The number of benzene rings is 1. The number of hydrogen-bond donors (Lipinski definition) is 1. The van der Waals surface area contributed by atoms with Crippen molar-refractivity contribution in [2.45, 2.75) is 11.8 Å². The summed E-state index contributed by atoms with van der Waals surface area (Å²) in [5, 5.41) is 14.1. The van der Waals surface area contributed by atoms with Gasteiger partial charge >= 0.3 is 0 Å². The fourth-order valence-corrected chi connectivity index (χ4v) is 2.51. The van der Waals surface area contributed by atoms with Crippen LogP contribution in [-0.4, -0.2) is 27.0 Å². The topological polar surface area (TPSA) is 85.0 Å². The number of hydrogen-bond acceptors (Lipinski definition) is 5. The van der Waals surface area contributed by atoms with E-state index in [-0.39, 0.29) is 0 Å².